The molecule has 0 saturated carbocycles. The van der Waals surface area contributed by atoms with Gasteiger partial charge in [0.25, 0.3) is 5.91 Å². The molecule has 0 bridgehead atoms. The van der Waals surface area contributed by atoms with Crippen LogP contribution in [0, 0.1) is 6.92 Å². The molecule has 100 valence electrons. The van der Waals surface area contributed by atoms with Gasteiger partial charge in [-0.2, -0.15) is 4.37 Å². The first kappa shape index (κ1) is 13.3. The van der Waals surface area contributed by atoms with Crippen LogP contribution in [-0.2, 0) is 0 Å². The molecule has 8 heteroatoms. The first-order valence-electron chi connectivity index (χ1n) is 5.71. The number of nitrogen functional groups attached to an aromatic ring is 1. The van der Waals surface area contributed by atoms with Crippen LogP contribution in [0.1, 0.15) is 41.9 Å². The summed E-state index contributed by atoms with van der Waals surface area (Å²) in [5.41, 5.74) is 6.13. The fraction of sp³-hybridized carbons (Fsp3) is 0.364. The van der Waals surface area contributed by atoms with Crippen molar-refractivity contribution in [2.75, 3.05) is 11.1 Å². The normalized spacial score (nSPS) is 10.7. The van der Waals surface area contributed by atoms with Crippen LogP contribution in [0.2, 0.25) is 0 Å². The summed E-state index contributed by atoms with van der Waals surface area (Å²) < 4.78 is 3.98. The molecule has 2 rings (SSSR count). The van der Waals surface area contributed by atoms with E-state index in [4.69, 9.17) is 5.73 Å². The average Bonchev–Trinajstić information content (AvgIpc) is 2.74. The number of nitrogens with zero attached hydrogens (tertiary/aromatic N) is 4. The molecule has 2 aromatic rings. The minimum atomic E-state index is -0.405. The van der Waals surface area contributed by atoms with Gasteiger partial charge in [0, 0.05) is 17.5 Å². The molecule has 0 aliphatic heterocycles. The number of nitrogens with two attached hydrogens (primary N) is 1. The van der Waals surface area contributed by atoms with Crippen LogP contribution in [0.15, 0.2) is 6.20 Å². The summed E-state index contributed by atoms with van der Waals surface area (Å²) in [6.07, 6.45) is 1.45. The first-order chi connectivity index (χ1) is 8.97. The molecule has 0 aromatic carbocycles. The number of rotatable bonds is 3. The SMILES string of the molecule is Cc1nsc(NC(=O)c2nc(C(C)C)ncc2N)n1. The second-order valence-electron chi connectivity index (χ2n) is 4.29. The van der Waals surface area contributed by atoms with Crippen LogP contribution in [0.25, 0.3) is 0 Å². The number of amides is 1. The number of nitrogens with one attached hydrogen (secondary N) is 1. The number of carbonyl (C=O) groups is 1. The van der Waals surface area contributed by atoms with E-state index in [0.29, 0.717) is 16.8 Å². The molecule has 7 nitrogen and oxygen atoms in total. The standard InChI is InChI=1S/C11H14N6OS/c1-5(2)9-13-4-7(12)8(15-9)10(18)16-11-14-6(3)17-19-11/h4-5H,12H2,1-3H3,(H,14,16,17,18). The highest BCUT2D eigenvalue weighted by molar-refractivity contribution is 7.09. The minimum Gasteiger partial charge on any atom is -0.396 e. The van der Waals surface area contributed by atoms with Crippen LogP contribution in [0.5, 0.6) is 0 Å². The Morgan fingerprint density at radius 1 is 1.42 bits per heavy atom. The van der Waals surface area contributed by atoms with Gasteiger partial charge in [0.15, 0.2) is 5.69 Å². The van der Waals surface area contributed by atoms with Crippen molar-refractivity contribution in [2.24, 2.45) is 0 Å². The van der Waals surface area contributed by atoms with Gasteiger partial charge in [-0.25, -0.2) is 15.0 Å². The lowest BCUT2D eigenvalue weighted by Crippen LogP contribution is -2.17. The number of hydrogen-bond donors (Lipinski definition) is 2. The molecule has 0 spiro atoms. The number of aromatic nitrogens is 4. The van der Waals surface area contributed by atoms with Gasteiger partial charge in [0.1, 0.15) is 11.6 Å². The lowest BCUT2D eigenvalue weighted by atomic mass is 10.2. The summed E-state index contributed by atoms with van der Waals surface area (Å²) in [6.45, 7) is 5.64. The van der Waals surface area contributed by atoms with Crippen molar-refractivity contribution in [2.45, 2.75) is 26.7 Å². The molecule has 1 amide bonds. The van der Waals surface area contributed by atoms with Crippen LogP contribution >= 0.6 is 11.5 Å². The largest absolute Gasteiger partial charge is 0.396 e. The smallest absolute Gasteiger partial charge is 0.278 e. The molecule has 2 aromatic heterocycles. The summed E-state index contributed by atoms with van der Waals surface area (Å²) in [7, 11) is 0. The Bertz CT molecular complexity index is 609. The number of carbonyl (C=O) groups excluding carboxylic acids is 1. The third-order valence-electron chi connectivity index (χ3n) is 2.32. The fourth-order valence-electron chi connectivity index (χ4n) is 1.37. The lowest BCUT2D eigenvalue weighted by Gasteiger charge is -2.08. The topological polar surface area (TPSA) is 107 Å². The van der Waals surface area contributed by atoms with Crippen LogP contribution < -0.4 is 11.1 Å². The summed E-state index contributed by atoms with van der Waals surface area (Å²) >= 11 is 1.11. The Balaban J connectivity index is 2.25. The minimum absolute atomic E-state index is 0.121. The summed E-state index contributed by atoms with van der Waals surface area (Å²) in [5, 5.41) is 3.04. The van der Waals surface area contributed by atoms with Crippen molar-refractivity contribution in [1.82, 2.24) is 19.3 Å². The molecule has 0 unspecified atom stereocenters. The highest BCUT2D eigenvalue weighted by Gasteiger charge is 2.16. The molecule has 2 heterocycles. The van der Waals surface area contributed by atoms with Crippen molar-refractivity contribution >= 4 is 28.3 Å². The summed E-state index contributed by atoms with van der Waals surface area (Å²) in [5.74, 6) is 0.903. The second-order valence-corrected chi connectivity index (χ2v) is 5.04. The highest BCUT2D eigenvalue weighted by Crippen LogP contribution is 2.16. The quantitative estimate of drug-likeness (QED) is 0.883. The van der Waals surface area contributed by atoms with Gasteiger partial charge in [0.05, 0.1) is 11.9 Å². The maximum absolute atomic E-state index is 12.1. The van der Waals surface area contributed by atoms with Gasteiger partial charge in [-0.15, -0.1) is 0 Å². The van der Waals surface area contributed by atoms with E-state index in [0.717, 1.165) is 11.5 Å². The number of anilines is 2. The Morgan fingerprint density at radius 3 is 2.74 bits per heavy atom. The van der Waals surface area contributed by atoms with Crippen molar-refractivity contribution < 1.29 is 4.79 Å². The third-order valence-corrected chi connectivity index (χ3v) is 3.04. The van der Waals surface area contributed by atoms with Gasteiger partial charge in [-0.05, 0) is 6.92 Å². The van der Waals surface area contributed by atoms with E-state index in [1.54, 1.807) is 6.92 Å². The highest BCUT2D eigenvalue weighted by atomic mass is 32.1. The predicted molar refractivity (Wildman–Crippen MR) is 73.1 cm³/mol. The Morgan fingerprint density at radius 2 is 2.16 bits per heavy atom. The monoisotopic (exact) mass is 278 g/mol. The van der Waals surface area contributed by atoms with E-state index in [1.807, 2.05) is 13.8 Å². The molecule has 0 aliphatic rings. The van der Waals surface area contributed by atoms with Gasteiger partial charge >= 0.3 is 0 Å². The van der Waals surface area contributed by atoms with Crippen molar-refractivity contribution in [1.29, 1.82) is 0 Å². The molecule has 0 atom stereocenters. The molecule has 0 radical (unpaired) electrons. The van der Waals surface area contributed by atoms with Gasteiger partial charge in [0.2, 0.25) is 5.13 Å². The van der Waals surface area contributed by atoms with E-state index in [9.17, 15) is 4.79 Å². The average molecular weight is 278 g/mol. The van der Waals surface area contributed by atoms with Gasteiger partial charge in [-0.1, -0.05) is 13.8 Å². The molecular formula is C11H14N6OS. The number of aryl methyl sites for hydroxylation is 1. The molecule has 0 fully saturated rings. The third kappa shape index (κ3) is 3.02. The zero-order chi connectivity index (χ0) is 14.0. The second kappa shape index (κ2) is 5.27. The maximum atomic E-state index is 12.1. The maximum Gasteiger partial charge on any atom is 0.278 e. The Labute approximate surface area is 114 Å². The van der Waals surface area contributed by atoms with Crippen molar-refractivity contribution in [3.05, 3.63) is 23.5 Å². The van der Waals surface area contributed by atoms with Gasteiger partial charge in [-0.3, -0.25) is 10.1 Å². The number of hydrogen-bond acceptors (Lipinski definition) is 7. The fourth-order valence-corrected chi connectivity index (χ4v) is 1.94. The lowest BCUT2D eigenvalue weighted by molar-refractivity contribution is 0.102. The molecule has 0 aliphatic carbocycles. The van der Waals surface area contributed by atoms with E-state index in [1.165, 1.54) is 6.20 Å². The van der Waals surface area contributed by atoms with E-state index < -0.39 is 5.91 Å². The van der Waals surface area contributed by atoms with Crippen LogP contribution in [0.3, 0.4) is 0 Å². The van der Waals surface area contributed by atoms with Crippen molar-refractivity contribution in [3.63, 3.8) is 0 Å². The van der Waals surface area contributed by atoms with E-state index in [2.05, 4.69) is 24.6 Å². The van der Waals surface area contributed by atoms with Gasteiger partial charge < -0.3 is 5.73 Å². The van der Waals surface area contributed by atoms with Crippen LogP contribution in [0.4, 0.5) is 10.8 Å². The zero-order valence-corrected chi connectivity index (χ0v) is 11.7. The summed E-state index contributed by atoms with van der Waals surface area (Å²) in [6, 6.07) is 0. The van der Waals surface area contributed by atoms with E-state index >= 15 is 0 Å². The molecule has 0 saturated heterocycles. The zero-order valence-electron chi connectivity index (χ0n) is 10.8. The predicted octanol–water partition coefficient (Wildman–Crippen LogP) is 1.59. The van der Waals surface area contributed by atoms with E-state index in [-0.39, 0.29) is 17.3 Å². The molecular weight excluding hydrogens is 264 g/mol. The van der Waals surface area contributed by atoms with Crippen LogP contribution in [-0.4, -0.2) is 25.2 Å². The first-order valence-corrected chi connectivity index (χ1v) is 6.48. The van der Waals surface area contributed by atoms with Crippen molar-refractivity contribution in [3.8, 4) is 0 Å². The Hall–Kier alpha value is -2.09. The Kier molecular flexibility index (Phi) is 3.70. The molecule has 19 heavy (non-hydrogen) atoms. The molecule has 3 N–H and O–H groups in total. The summed E-state index contributed by atoms with van der Waals surface area (Å²) in [4.78, 5) is 24.4.